The van der Waals surface area contributed by atoms with Crippen LogP contribution < -0.4 is 0 Å². The average molecular weight is 502 g/mol. The summed E-state index contributed by atoms with van der Waals surface area (Å²) in [5.74, 6) is 0. The van der Waals surface area contributed by atoms with E-state index in [1.54, 1.807) is 6.92 Å². The Morgan fingerprint density at radius 1 is 0.682 bits per heavy atom. The third kappa shape index (κ3) is 50.1. The summed E-state index contributed by atoms with van der Waals surface area (Å²) in [6, 6.07) is 0. The van der Waals surface area contributed by atoms with Crippen LogP contribution in [-0.2, 0) is 39.7 Å². The van der Waals surface area contributed by atoms with E-state index in [2.05, 4.69) is 68.1 Å². The zero-order valence-corrected chi connectivity index (χ0v) is 18.2. The largest absolute Gasteiger partial charge is 0 e. The summed E-state index contributed by atoms with van der Waals surface area (Å²) in [6.07, 6.45) is 0. The van der Waals surface area contributed by atoms with Gasteiger partial charge in [0.05, 0.1) is 0 Å². The van der Waals surface area contributed by atoms with Gasteiger partial charge in [0.15, 0.2) is 0 Å². The number of hydrogen-bond donors (Lipinski definition) is 1. The van der Waals surface area contributed by atoms with E-state index in [0.717, 1.165) is 17.0 Å². The van der Waals surface area contributed by atoms with Gasteiger partial charge in [-0.1, -0.05) is 49.5 Å². The molecule has 0 aliphatic rings. The van der Waals surface area contributed by atoms with Gasteiger partial charge in [0.1, 0.15) is 0 Å². The zero-order valence-electron chi connectivity index (χ0n) is 14.4. The summed E-state index contributed by atoms with van der Waals surface area (Å²) in [7, 11) is 0.262. The van der Waals surface area contributed by atoms with Crippen LogP contribution in [-0.4, -0.2) is 28.7 Å². The normalized spacial score (nSPS) is 6.91. The minimum atomic E-state index is 0. The van der Waals surface area contributed by atoms with Crippen LogP contribution in [0.4, 0.5) is 0 Å². The molecule has 5 nitrogen and oxygen atoms in total. The van der Waals surface area contributed by atoms with Crippen LogP contribution in [0.15, 0.2) is 0 Å². The molecule has 0 bridgehead atoms. The monoisotopic (exact) mass is 502 g/mol. The van der Waals surface area contributed by atoms with Crippen molar-refractivity contribution in [2.75, 3.05) is 6.61 Å². The van der Waals surface area contributed by atoms with E-state index in [1.807, 2.05) is 0 Å². The Morgan fingerprint density at radius 3 is 0.773 bits per heavy atom. The summed E-state index contributed by atoms with van der Waals surface area (Å²) >= 11 is 0. The van der Waals surface area contributed by atoms with Crippen molar-refractivity contribution in [3.05, 3.63) is 26.6 Å². The van der Waals surface area contributed by atoms with E-state index in [0.29, 0.717) is 0 Å². The first-order valence-corrected chi connectivity index (χ1v) is 7.63. The van der Waals surface area contributed by atoms with Crippen LogP contribution in [0.2, 0.25) is 0 Å². The second-order valence-corrected chi connectivity index (χ2v) is 8.04. The first-order chi connectivity index (χ1) is 9.88. The predicted molar refractivity (Wildman–Crippen MR) is 80.8 cm³/mol. The molecule has 0 radical (unpaired) electrons. The molecule has 0 amide bonds. The van der Waals surface area contributed by atoms with Gasteiger partial charge in [-0.2, -0.15) is 0 Å². The third-order valence-corrected chi connectivity index (χ3v) is 5.37. The second-order valence-electron chi connectivity index (χ2n) is 4.04. The summed E-state index contributed by atoms with van der Waals surface area (Å²) in [6.45, 7) is 34.0. The Balaban J connectivity index is -0.0000000317. The molecule has 128 valence electrons. The molecule has 0 fully saturated rings. The molecule has 0 heterocycles. The van der Waals surface area contributed by atoms with E-state index >= 15 is 0 Å². The first kappa shape index (κ1) is 43.1. The molecule has 0 unspecified atom stereocenters. The Labute approximate surface area is 151 Å². The van der Waals surface area contributed by atoms with Crippen LogP contribution in [0.25, 0.3) is 0 Å². The molecule has 0 aromatic carbocycles. The quantitative estimate of drug-likeness (QED) is 0.357. The van der Waals surface area contributed by atoms with Crippen molar-refractivity contribution < 1.29 is 44.8 Å². The van der Waals surface area contributed by atoms with Gasteiger partial charge in [-0.3, -0.25) is 0 Å². The molecule has 0 aliphatic heterocycles. The topological polar surface area (TPSA) is 99.8 Å². The molecule has 0 saturated carbocycles. The third-order valence-electron chi connectivity index (χ3n) is 1.79. The van der Waals surface area contributed by atoms with Crippen LogP contribution in [0, 0.1) is 26.6 Å². The molecule has 0 aromatic rings. The van der Waals surface area contributed by atoms with E-state index in [1.165, 1.54) is 0 Å². The van der Waals surface area contributed by atoms with Crippen molar-refractivity contribution in [3.63, 3.8) is 0 Å². The Bertz CT molecular complexity index is 192. The van der Waals surface area contributed by atoms with E-state index < -0.39 is 0 Å². The SMILES string of the molecule is CC(C)P(C(C)C)C(C)C.CCO.[C-]#[O+].[C-]#[O+].[C-]#[O+].[C-]#[O+].[W]. The van der Waals surface area contributed by atoms with Crippen molar-refractivity contribution >= 4 is 7.92 Å². The minimum Gasteiger partial charge on any atom is 0 e. The van der Waals surface area contributed by atoms with Crippen molar-refractivity contribution in [1.82, 2.24) is 0 Å². The standard InChI is InChI=1S/C9H21P.C2H6O.4CO.W/c1-7(2)10(8(3)4)9(5)6;1-2-3;4*1-2;/h7-9H,1-6H3;3H,2H2,1H3;;;;;. The smallest absolute Gasteiger partial charge is 0 e. The molecule has 0 atom stereocenters. The average Bonchev–Trinajstić information content (AvgIpc) is 2.47. The van der Waals surface area contributed by atoms with E-state index in [9.17, 15) is 0 Å². The first-order valence-electron chi connectivity index (χ1n) is 6.08. The molecule has 0 aliphatic carbocycles. The van der Waals surface area contributed by atoms with Crippen LogP contribution in [0.1, 0.15) is 48.5 Å². The van der Waals surface area contributed by atoms with E-state index in [-0.39, 0.29) is 35.6 Å². The predicted octanol–water partition coefficient (Wildman–Crippen LogP) is 3.54. The maximum absolute atomic E-state index is 7.57. The van der Waals surface area contributed by atoms with Crippen molar-refractivity contribution in [3.8, 4) is 0 Å². The summed E-state index contributed by atoms with van der Waals surface area (Å²) in [5, 5.41) is 7.57. The van der Waals surface area contributed by atoms with Gasteiger partial charge in [-0.15, -0.1) is 0 Å². The molecule has 7 heteroatoms. The maximum atomic E-state index is 7.57. The molecule has 0 rings (SSSR count). The van der Waals surface area contributed by atoms with Gasteiger partial charge in [0, 0.05) is 27.7 Å². The van der Waals surface area contributed by atoms with Crippen LogP contribution in [0.3, 0.4) is 0 Å². The fourth-order valence-electron chi connectivity index (χ4n) is 1.79. The number of rotatable bonds is 3. The maximum Gasteiger partial charge on any atom is 0 e. The number of hydrogen-bond acceptors (Lipinski definition) is 1. The van der Waals surface area contributed by atoms with Crippen LogP contribution >= 0.6 is 7.92 Å². The molecule has 0 saturated heterocycles. The van der Waals surface area contributed by atoms with Gasteiger partial charge in [0.25, 0.3) is 0 Å². The summed E-state index contributed by atoms with van der Waals surface area (Å²) in [5.41, 5.74) is 2.69. The van der Waals surface area contributed by atoms with Gasteiger partial charge >= 0.3 is 45.2 Å². The van der Waals surface area contributed by atoms with Gasteiger partial charge in [0.2, 0.25) is 0 Å². The molecule has 22 heavy (non-hydrogen) atoms. The summed E-state index contributed by atoms with van der Waals surface area (Å²) in [4.78, 5) is 0. The molecular formula is C15H27O5PW. The molecule has 0 aromatic heterocycles. The van der Waals surface area contributed by atoms with Crippen LogP contribution in [0.5, 0.6) is 0 Å². The number of aliphatic hydroxyl groups is 1. The Morgan fingerprint density at radius 2 is 0.773 bits per heavy atom. The number of aliphatic hydroxyl groups excluding tert-OH is 1. The fourth-order valence-corrected chi connectivity index (χ4v) is 5.37. The van der Waals surface area contributed by atoms with Gasteiger partial charge in [-0.25, -0.2) is 0 Å². The zero-order chi connectivity index (χ0) is 19.0. The van der Waals surface area contributed by atoms with Crippen molar-refractivity contribution in [1.29, 1.82) is 0 Å². The summed E-state index contributed by atoms with van der Waals surface area (Å²) < 4.78 is 30.0. The van der Waals surface area contributed by atoms with Crippen molar-refractivity contribution in [2.24, 2.45) is 0 Å². The second kappa shape index (κ2) is 49.7. The fraction of sp³-hybridized carbons (Fsp3) is 0.733. The molecule has 1 N–H and O–H groups in total. The van der Waals surface area contributed by atoms with E-state index in [4.69, 9.17) is 23.7 Å². The van der Waals surface area contributed by atoms with Gasteiger partial charge in [-0.05, 0) is 23.9 Å². The molecular weight excluding hydrogens is 475 g/mol. The van der Waals surface area contributed by atoms with Gasteiger partial charge < -0.3 is 5.11 Å². The Kier molecular flexibility index (Phi) is 97.4. The van der Waals surface area contributed by atoms with Crippen molar-refractivity contribution in [2.45, 2.75) is 65.4 Å². The minimum absolute atomic E-state index is 0. The Hall–Kier alpha value is 0.0383. The molecule has 0 spiro atoms.